The molecule has 0 aliphatic rings. The minimum absolute atomic E-state index is 0.211. The molecule has 0 atom stereocenters. The molecule has 0 radical (unpaired) electrons. The summed E-state index contributed by atoms with van der Waals surface area (Å²) in [5.41, 5.74) is 0.855. The lowest BCUT2D eigenvalue weighted by Crippen LogP contribution is -2.19. The van der Waals surface area contributed by atoms with Crippen LogP contribution in [0.5, 0.6) is 5.75 Å². The summed E-state index contributed by atoms with van der Waals surface area (Å²) in [6, 6.07) is 4.59. The summed E-state index contributed by atoms with van der Waals surface area (Å²) in [6.07, 6.45) is -4.74. The van der Waals surface area contributed by atoms with Crippen molar-refractivity contribution in [2.75, 3.05) is 5.84 Å². The van der Waals surface area contributed by atoms with Gasteiger partial charge in [0, 0.05) is 15.6 Å². The number of rotatable bonds is 1. The van der Waals surface area contributed by atoms with E-state index in [-0.39, 0.29) is 11.3 Å². The number of benzene rings is 1. The zero-order chi connectivity index (χ0) is 12.8. The van der Waals surface area contributed by atoms with E-state index in [2.05, 4.69) is 20.7 Å². The first-order valence-electron chi connectivity index (χ1n) is 4.60. The molecule has 0 saturated carbocycles. The highest BCUT2D eigenvalue weighted by Crippen LogP contribution is 2.34. The van der Waals surface area contributed by atoms with Gasteiger partial charge >= 0.3 is 6.36 Å². The van der Waals surface area contributed by atoms with Crippen molar-refractivity contribution in [3.63, 3.8) is 0 Å². The fourth-order valence-corrected chi connectivity index (χ4v) is 2.09. The highest BCUT2D eigenvalue weighted by molar-refractivity contribution is 9.10. The number of aryl methyl sites for hydroxylation is 1. The molecule has 0 aliphatic carbocycles. The monoisotopic (exact) mass is 308 g/mol. The summed E-state index contributed by atoms with van der Waals surface area (Å²) in [7, 11) is 0. The Hall–Kier alpha value is -1.37. The van der Waals surface area contributed by atoms with Crippen molar-refractivity contribution < 1.29 is 17.9 Å². The maximum Gasteiger partial charge on any atom is 0.573 e. The number of nitrogen functional groups attached to an aromatic ring is 1. The summed E-state index contributed by atoms with van der Waals surface area (Å²) >= 11 is 3.13. The Morgan fingerprint density at radius 3 is 2.53 bits per heavy atom. The Labute approximate surface area is 103 Å². The van der Waals surface area contributed by atoms with Gasteiger partial charge in [-0.2, -0.15) is 0 Å². The lowest BCUT2D eigenvalue weighted by Gasteiger charge is -2.11. The van der Waals surface area contributed by atoms with Crippen molar-refractivity contribution in [3.8, 4) is 5.75 Å². The smallest absolute Gasteiger partial charge is 0.403 e. The number of hydrogen-bond donors (Lipinski definition) is 1. The molecule has 0 unspecified atom stereocenters. The highest BCUT2D eigenvalue weighted by atomic mass is 79.9. The fourth-order valence-electron chi connectivity index (χ4n) is 1.64. The van der Waals surface area contributed by atoms with E-state index in [4.69, 9.17) is 5.84 Å². The number of fused-ring (bicyclic) bond motifs is 1. The van der Waals surface area contributed by atoms with E-state index in [0.29, 0.717) is 15.6 Å². The van der Waals surface area contributed by atoms with Crippen molar-refractivity contribution >= 4 is 26.8 Å². The largest absolute Gasteiger partial charge is 0.573 e. The molecule has 1 aromatic heterocycles. The minimum Gasteiger partial charge on any atom is -0.403 e. The molecule has 17 heavy (non-hydrogen) atoms. The first-order chi connectivity index (χ1) is 7.78. The Morgan fingerprint density at radius 2 is 1.94 bits per heavy atom. The number of ether oxygens (including phenoxy) is 1. The van der Waals surface area contributed by atoms with Crippen LogP contribution in [-0.2, 0) is 0 Å². The number of nitrogens with two attached hydrogens (primary N) is 1. The van der Waals surface area contributed by atoms with Gasteiger partial charge in [0.05, 0.1) is 0 Å². The van der Waals surface area contributed by atoms with Gasteiger partial charge < -0.3 is 10.6 Å². The number of aromatic nitrogens is 1. The molecule has 0 aliphatic heterocycles. The van der Waals surface area contributed by atoms with Gasteiger partial charge in [-0.15, -0.1) is 13.2 Å². The van der Waals surface area contributed by atoms with Gasteiger partial charge in [0.25, 0.3) is 0 Å². The third-order valence-corrected chi connectivity index (χ3v) is 2.74. The van der Waals surface area contributed by atoms with Gasteiger partial charge in [-0.05, 0) is 25.1 Å². The van der Waals surface area contributed by atoms with E-state index >= 15 is 0 Å². The molecule has 7 heteroatoms. The quantitative estimate of drug-likeness (QED) is 0.821. The molecule has 0 saturated heterocycles. The fraction of sp³-hybridized carbons (Fsp3) is 0.200. The van der Waals surface area contributed by atoms with Crippen molar-refractivity contribution in [2.45, 2.75) is 13.3 Å². The first-order valence-corrected chi connectivity index (χ1v) is 5.39. The Morgan fingerprint density at radius 1 is 1.29 bits per heavy atom. The lowest BCUT2D eigenvalue weighted by molar-refractivity contribution is -0.274. The predicted molar refractivity (Wildman–Crippen MR) is 61.2 cm³/mol. The van der Waals surface area contributed by atoms with Crippen LogP contribution in [-0.4, -0.2) is 11.0 Å². The van der Waals surface area contributed by atoms with Gasteiger partial charge in [0.1, 0.15) is 5.52 Å². The van der Waals surface area contributed by atoms with Crippen LogP contribution >= 0.6 is 15.9 Å². The average Bonchev–Trinajstić information content (AvgIpc) is 2.39. The molecule has 0 spiro atoms. The molecule has 2 N–H and O–H groups in total. The highest BCUT2D eigenvalue weighted by Gasteiger charge is 2.32. The number of hydrogen-bond acceptors (Lipinski definition) is 2. The van der Waals surface area contributed by atoms with E-state index < -0.39 is 6.36 Å². The normalized spacial score (nSPS) is 12.1. The Balaban J connectivity index is 2.68. The number of nitrogens with zero attached hydrogens (tertiary/aromatic N) is 1. The number of alkyl halides is 3. The molecular weight excluding hydrogens is 301 g/mol. The second kappa shape index (κ2) is 3.83. The van der Waals surface area contributed by atoms with Gasteiger partial charge in [-0.1, -0.05) is 15.9 Å². The number of halogens is 4. The topological polar surface area (TPSA) is 40.2 Å². The van der Waals surface area contributed by atoms with Crippen molar-refractivity contribution in [1.82, 2.24) is 4.68 Å². The van der Waals surface area contributed by atoms with Crippen molar-refractivity contribution in [3.05, 3.63) is 28.4 Å². The van der Waals surface area contributed by atoms with Crippen LogP contribution in [0.2, 0.25) is 0 Å². The molecule has 3 nitrogen and oxygen atoms in total. The van der Waals surface area contributed by atoms with E-state index in [9.17, 15) is 13.2 Å². The standard InChI is InChI=1S/C10H8BrF3N2O/c1-5-2-6-3-7(11)4-8(9(6)16(5)15)17-10(12,13)14/h2-4H,15H2,1H3. The van der Waals surface area contributed by atoms with E-state index in [1.165, 1.54) is 10.7 Å². The van der Waals surface area contributed by atoms with E-state index in [0.717, 1.165) is 0 Å². The van der Waals surface area contributed by atoms with Crippen LogP contribution in [0.3, 0.4) is 0 Å². The predicted octanol–water partition coefficient (Wildman–Crippen LogP) is 3.32. The molecule has 0 bridgehead atoms. The van der Waals surface area contributed by atoms with Gasteiger partial charge in [-0.3, -0.25) is 4.68 Å². The summed E-state index contributed by atoms with van der Waals surface area (Å²) < 4.78 is 42.4. The maximum atomic E-state index is 12.3. The van der Waals surface area contributed by atoms with Gasteiger partial charge in [-0.25, -0.2) is 0 Å². The average molecular weight is 309 g/mol. The Bertz CT molecular complexity index is 577. The molecule has 0 amide bonds. The lowest BCUT2D eigenvalue weighted by atomic mass is 10.2. The molecule has 92 valence electrons. The summed E-state index contributed by atoms with van der Waals surface area (Å²) in [5, 5.41) is 0.582. The van der Waals surface area contributed by atoms with Crippen LogP contribution in [0, 0.1) is 6.92 Å². The molecule has 1 heterocycles. The SMILES string of the molecule is Cc1cc2cc(Br)cc(OC(F)(F)F)c2n1N. The third-order valence-electron chi connectivity index (χ3n) is 2.28. The Kier molecular flexibility index (Phi) is 2.73. The summed E-state index contributed by atoms with van der Waals surface area (Å²) in [6.45, 7) is 1.70. The molecular formula is C10H8BrF3N2O. The van der Waals surface area contributed by atoms with Crippen molar-refractivity contribution in [2.24, 2.45) is 0 Å². The second-order valence-electron chi connectivity index (χ2n) is 3.55. The summed E-state index contributed by atoms with van der Waals surface area (Å²) in [4.78, 5) is 0. The maximum absolute atomic E-state index is 12.3. The van der Waals surface area contributed by atoms with Gasteiger partial charge in [0.2, 0.25) is 0 Å². The van der Waals surface area contributed by atoms with Gasteiger partial charge in [0.15, 0.2) is 5.75 Å². The van der Waals surface area contributed by atoms with Crippen LogP contribution in [0.4, 0.5) is 13.2 Å². The summed E-state index contributed by atoms with van der Waals surface area (Å²) in [5.74, 6) is 5.34. The zero-order valence-corrected chi connectivity index (χ0v) is 10.3. The van der Waals surface area contributed by atoms with Crippen molar-refractivity contribution in [1.29, 1.82) is 0 Å². The van der Waals surface area contributed by atoms with Crippen LogP contribution in [0.15, 0.2) is 22.7 Å². The first kappa shape index (κ1) is 12.1. The molecule has 2 aromatic rings. The molecule has 0 fully saturated rings. The molecule has 2 rings (SSSR count). The van der Waals surface area contributed by atoms with Crippen LogP contribution in [0.1, 0.15) is 5.69 Å². The zero-order valence-electron chi connectivity index (χ0n) is 8.68. The van der Waals surface area contributed by atoms with E-state index in [1.807, 2.05) is 0 Å². The third kappa shape index (κ3) is 2.33. The molecule has 1 aromatic carbocycles. The van der Waals surface area contributed by atoms with Crippen LogP contribution in [0.25, 0.3) is 10.9 Å². The van der Waals surface area contributed by atoms with E-state index in [1.54, 1.807) is 19.1 Å². The second-order valence-corrected chi connectivity index (χ2v) is 4.46. The van der Waals surface area contributed by atoms with Crippen LogP contribution < -0.4 is 10.6 Å². The minimum atomic E-state index is -4.74.